The molecule has 0 saturated carbocycles. The summed E-state index contributed by atoms with van der Waals surface area (Å²) >= 11 is 0. The Hall–Kier alpha value is -1.58. The first kappa shape index (κ1) is 12.9. The molecule has 0 aromatic carbocycles. The minimum Gasteiger partial charge on any atom is -0.370 e. The standard InChI is InChI=1S/C14H22N4/c1-11-5-4-8-18(10-11)14(15)17-9-13-12(2)6-3-7-16-13/h3,6-7,11H,4-5,8-10H2,1-2H3,(H2,15,17). The highest BCUT2D eigenvalue weighted by molar-refractivity contribution is 5.78. The zero-order chi connectivity index (χ0) is 13.0. The molecule has 2 rings (SSSR count). The molecule has 18 heavy (non-hydrogen) atoms. The molecule has 0 bridgehead atoms. The fourth-order valence-electron chi connectivity index (χ4n) is 2.34. The van der Waals surface area contributed by atoms with E-state index in [0.29, 0.717) is 18.4 Å². The van der Waals surface area contributed by atoms with Crippen LogP contribution in [-0.2, 0) is 6.54 Å². The topological polar surface area (TPSA) is 54.5 Å². The zero-order valence-corrected chi connectivity index (χ0v) is 11.3. The molecule has 2 heterocycles. The van der Waals surface area contributed by atoms with Gasteiger partial charge < -0.3 is 10.6 Å². The molecule has 0 amide bonds. The van der Waals surface area contributed by atoms with Gasteiger partial charge >= 0.3 is 0 Å². The number of nitrogens with two attached hydrogens (primary N) is 1. The van der Waals surface area contributed by atoms with Crippen molar-refractivity contribution in [1.29, 1.82) is 0 Å². The average molecular weight is 246 g/mol. The molecule has 1 aliphatic heterocycles. The first-order valence-corrected chi connectivity index (χ1v) is 6.62. The first-order valence-electron chi connectivity index (χ1n) is 6.62. The highest BCUT2D eigenvalue weighted by atomic mass is 15.3. The van der Waals surface area contributed by atoms with Crippen LogP contribution in [0.2, 0.25) is 0 Å². The minimum atomic E-state index is 0.573. The average Bonchev–Trinajstić information content (AvgIpc) is 2.37. The maximum Gasteiger partial charge on any atom is 0.191 e. The van der Waals surface area contributed by atoms with Crippen molar-refractivity contribution >= 4 is 5.96 Å². The highest BCUT2D eigenvalue weighted by Crippen LogP contribution is 2.15. The maximum absolute atomic E-state index is 6.06. The summed E-state index contributed by atoms with van der Waals surface area (Å²) in [6.45, 7) is 6.94. The number of likely N-dealkylation sites (tertiary alicyclic amines) is 1. The van der Waals surface area contributed by atoms with Gasteiger partial charge in [-0.05, 0) is 37.3 Å². The van der Waals surface area contributed by atoms with Gasteiger partial charge in [-0.1, -0.05) is 13.0 Å². The third-order valence-electron chi connectivity index (χ3n) is 3.49. The third-order valence-corrected chi connectivity index (χ3v) is 3.49. The number of guanidine groups is 1. The van der Waals surface area contributed by atoms with Crippen molar-refractivity contribution in [1.82, 2.24) is 9.88 Å². The van der Waals surface area contributed by atoms with Crippen LogP contribution in [0.25, 0.3) is 0 Å². The number of rotatable bonds is 2. The smallest absolute Gasteiger partial charge is 0.191 e. The quantitative estimate of drug-likeness (QED) is 0.641. The second-order valence-electron chi connectivity index (χ2n) is 5.13. The Kier molecular flexibility index (Phi) is 4.18. The van der Waals surface area contributed by atoms with Gasteiger partial charge in [-0.2, -0.15) is 0 Å². The van der Waals surface area contributed by atoms with Gasteiger partial charge in [0.1, 0.15) is 0 Å². The molecule has 1 aromatic heterocycles. The number of pyridine rings is 1. The molecule has 98 valence electrons. The number of hydrogen-bond acceptors (Lipinski definition) is 2. The summed E-state index contributed by atoms with van der Waals surface area (Å²) < 4.78 is 0. The van der Waals surface area contributed by atoms with Gasteiger partial charge in [0, 0.05) is 19.3 Å². The third kappa shape index (κ3) is 3.22. The van der Waals surface area contributed by atoms with E-state index in [4.69, 9.17) is 5.73 Å². The molecule has 1 aliphatic rings. The van der Waals surface area contributed by atoms with Crippen LogP contribution in [0, 0.1) is 12.8 Å². The Morgan fingerprint density at radius 2 is 2.44 bits per heavy atom. The van der Waals surface area contributed by atoms with Crippen LogP contribution in [0.4, 0.5) is 0 Å². The lowest BCUT2D eigenvalue weighted by Crippen LogP contribution is -2.43. The van der Waals surface area contributed by atoms with E-state index in [2.05, 4.69) is 34.8 Å². The molecule has 2 N–H and O–H groups in total. The second-order valence-corrected chi connectivity index (χ2v) is 5.13. The maximum atomic E-state index is 6.06. The van der Waals surface area contributed by atoms with Crippen molar-refractivity contribution in [3.8, 4) is 0 Å². The Balaban J connectivity index is 1.98. The van der Waals surface area contributed by atoms with Crippen LogP contribution in [0.1, 0.15) is 31.0 Å². The zero-order valence-electron chi connectivity index (χ0n) is 11.3. The molecule has 4 heteroatoms. The normalized spacial score (nSPS) is 21.1. The summed E-state index contributed by atoms with van der Waals surface area (Å²) in [5.74, 6) is 1.37. The van der Waals surface area contributed by atoms with Crippen molar-refractivity contribution < 1.29 is 0 Å². The fourth-order valence-corrected chi connectivity index (χ4v) is 2.34. The lowest BCUT2D eigenvalue weighted by Gasteiger charge is -2.31. The molecule has 0 aliphatic carbocycles. The molecular formula is C14H22N4. The Labute approximate surface area is 109 Å². The van der Waals surface area contributed by atoms with Crippen LogP contribution in [0.15, 0.2) is 23.3 Å². The SMILES string of the molecule is Cc1cccnc1CN=C(N)N1CCCC(C)C1. The summed E-state index contributed by atoms with van der Waals surface area (Å²) in [7, 11) is 0. The lowest BCUT2D eigenvalue weighted by molar-refractivity contribution is 0.270. The van der Waals surface area contributed by atoms with Crippen molar-refractivity contribution in [2.75, 3.05) is 13.1 Å². The lowest BCUT2D eigenvalue weighted by atomic mass is 10.0. The Morgan fingerprint density at radius 1 is 1.61 bits per heavy atom. The predicted octanol–water partition coefficient (Wildman–Crippen LogP) is 1.94. The van der Waals surface area contributed by atoms with E-state index in [-0.39, 0.29) is 0 Å². The van der Waals surface area contributed by atoms with Crippen molar-refractivity contribution in [2.24, 2.45) is 16.6 Å². The molecule has 0 radical (unpaired) electrons. The van der Waals surface area contributed by atoms with E-state index < -0.39 is 0 Å². The van der Waals surface area contributed by atoms with Gasteiger partial charge in [0.2, 0.25) is 0 Å². The van der Waals surface area contributed by atoms with Crippen LogP contribution >= 0.6 is 0 Å². The van der Waals surface area contributed by atoms with E-state index in [9.17, 15) is 0 Å². The van der Waals surface area contributed by atoms with Crippen LogP contribution < -0.4 is 5.73 Å². The summed E-state index contributed by atoms with van der Waals surface area (Å²) in [6.07, 6.45) is 4.31. The molecule has 1 unspecified atom stereocenters. The summed E-state index contributed by atoms with van der Waals surface area (Å²) in [6, 6.07) is 4.00. The van der Waals surface area contributed by atoms with Crippen LogP contribution in [-0.4, -0.2) is 28.9 Å². The van der Waals surface area contributed by atoms with Crippen molar-refractivity contribution in [3.63, 3.8) is 0 Å². The van der Waals surface area contributed by atoms with Crippen molar-refractivity contribution in [3.05, 3.63) is 29.6 Å². The van der Waals surface area contributed by atoms with E-state index in [0.717, 1.165) is 18.8 Å². The molecule has 0 spiro atoms. The largest absolute Gasteiger partial charge is 0.370 e. The van der Waals surface area contributed by atoms with Gasteiger partial charge in [0.25, 0.3) is 0 Å². The van der Waals surface area contributed by atoms with Gasteiger partial charge in [0.15, 0.2) is 5.96 Å². The Morgan fingerprint density at radius 3 is 3.17 bits per heavy atom. The fraction of sp³-hybridized carbons (Fsp3) is 0.571. The Bertz CT molecular complexity index is 428. The number of hydrogen-bond donors (Lipinski definition) is 1. The van der Waals surface area contributed by atoms with Gasteiger partial charge in [-0.3, -0.25) is 4.98 Å². The molecule has 1 atom stereocenters. The summed E-state index contributed by atoms with van der Waals surface area (Å²) in [5.41, 5.74) is 8.23. The van der Waals surface area contributed by atoms with E-state index in [1.807, 2.05) is 6.07 Å². The highest BCUT2D eigenvalue weighted by Gasteiger charge is 2.17. The van der Waals surface area contributed by atoms with Gasteiger partial charge in [0.05, 0.1) is 12.2 Å². The minimum absolute atomic E-state index is 0.573. The number of aromatic nitrogens is 1. The number of nitrogens with zero attached hydrogens (tertiary/aromatic N) is 3. The summed E-state index contributed by atoms with van der Waals surface area (Å²) in [4.78, 5) is 11.0. The van der Waals surface area contributed by atoms with E-state index >= 15 is 0 Å². The predicted molar refractivity (Wildman–Crippen MR) is 74.3 cm³/mol. The van der Waals surface area contributed by atoms with Gasteiger partial charge in [-0.15, -0.1) is 0 Å². The molecule has 4 nitrogen and oxygen atoms in total. The molecule has 1 saturated heterocycles. The summed E-state index contributed by atoms with van der Waals surface area (Å²) in [5, 5.41) is 0. The van der Waals surface area contributed by atoms with Crippen LogP contribution in [0.3, 0.4) is 0 Å². The molecule has 1 aromatic rings. The number of aryl methyl sites for hydroxylation is 1. The number of piperidine rings is 1. The number of aliphatic imine (C=N–C) groups is 1. The monoisotopic (exact) mass is 246 g/mol. The van der Waals surface area contributed by atoms with Crippen molar-refractivity contribution in [2.45, 2.75) is 33.2 Å². The first-order chi connectivity index (χ1) is 8.66. The molecular weight excluding hydrogens is 224 g/mol. The van der Waals surface area contributed by atoms with E-state index in [1.165, 1.54) is 18.4 Å². The van der Waals surface area contributed by atoms with Gasteiger partial charge in [-0.25, -0.2) is 4.99 Å². The molecule has 1 fully saturated rings. The van der Waals surface area contributed by atoms with Crippen LogP contribution in [0.5, 0.6) is 0 Å². The second kappa shape index (κ2) is 5.85. The van der Waals surface area contributed by atoms with E-state index in [1.54, 1.807) is 6.20 Å².